The zero-order valence-corrected chi connectivity index (χ0v) is 19.8. The van der Waals surface area contributed by atoms with Gasteiger partial charge in [-0.2, -0.15) is 0 Å². The molecule has 0 unspecified atom stereocenters. The average molecular weight is 438 g/mol. The molecule has 0 aromatic heterocycles. The van der Waals surface area contributed by atoms with E-state index in [1.165, 1.54) is 25.7 Å². The van der Waals surface area contributed by atoms with E-state index in [-0.39, 0.29) is 0 Å². The van der Waals surface area contributed by atoms with E-state index in [1.54, 1.807) is 14.2 Å². The Bertz CT molecular complexity index is 624. The fourth-order valence-corrected chi connectivity index (χ4v) is 3.83. The van der Waals surface area contributed by atoms with Crippen LogP contribution < -0.4 is 14.8 Å². The Morgan fingerprint density at radius 2 is 1.83 bits per heavy atom. The quantitative estimate of drug-likeness (QED) is 0.373. The van der Waals surface area contributed by atoms with E-state index in [0.29, 0.717) is 0 Å². The van der Waals surface area contributed by atoms with Crippen LogP contribution in [0.5, 0.6) is 11.5 Å². The third kappa shape index (κ3) is 8.66. The van der Waals surface area contributed by atoms with Crippen LogP contribution in [0.2, 0.25) is 0 Å². The first-order valence-electron chi connectivity index (χ1n) is 11.2. The van der Waals surface area contributed by atoms with Crippen LogP contribution in [0.25, 0.3) is 0 Å². The van der Waals surface area contributed by atoms with Crippen molar-refractivity contribution in [2.45, 2.75) is 45.6 Å². The maximum Gasteiger partial charge on any atom is 0.169 e. The molecule has 0 amide bonds. The second-order valence-corrected chi connectivity index (χ2v) is 8.10. The molecule has 0 spiro atoms. The summed E-state index contributed by atoms with van der Waals surface area (Å²) < 4.78 is 16.3. The minimum absolute atomic E-state index is 0.742. The zero-order chi connectivity index (χ0) is 21.6. The number of rotatable bonds is 13. The number of nitrogens with zero attached hydrogens (tertiary/aromatic N) is 2. The highest BCUT2D eigenvalue weighted by molar-refractivity contribution is 7.80. The first-order chi connectivity index (χ1) is 14.7. The number of hydrogen-bond donors (Lipinski definition) is 1. The molecule has 0 radical (unpaired) electrons. The average Bonchev–Trinajstić information content (AvgIpc) is 2.79. The summed E-state index contributed by atoms with van der Waals surface area (Å²) in [6.07, 6.45) is 6.31. The third-order valence-electron chi connectivity index (χ3n) is 5.46. The summed E-state index contributed by atoms with van der Waals surface area (Å²) in [5, 5.41) is 4.30. The number of thiocarbonyl (C=S) groups is 1. The topological polar surface area (TPSA) is 46.2 Å². The molecule has 1 aliphatic heterocycles. The van der Waals surface area contributed by atoms with E-state index in [2.05, 4.69) is 28.1 Å². The lowest BCUT2D eigenvalue weighted by Gasteiger charge is -2.31. The van der Waals surface area contributed by atoms with E-state index in [9.17, 15) is 0 Å². The Morgan fingerprint density at radius 1 is 1.10 bits per heavy atom. The van der Waals surface area contributed by atoms with Crippen LogP contribution in [0.15, 0.2) is 18.2 Å². The summed E-state index contributed by atoms with van der Waals surface area (Å²) in [6.45, 7) is 9.39. The highest BCUT2D eigenvalue weighted by Crippen LogP contribution is 2.28. The molecule has 1 saturated heterocycles. The molecule has 170 valence electrons. The molecule has 0 aliphatic carbocycles. The van der Waals surface area contributed by atoms with Gasteiger partial charge in [0, 0.05) is 39.3 Å². The Morgan fingerprint density at radius 3 is 2.53 bits per heavy atom. The number of morpholine rings is 1. The fraction of sp³-hybridized carbons (Fsp3) is 0.696. The number of unbranched alkanes of at least 4 members (excludes halogenated alkanes) is 4. The lowest BCUT2D eigenvalue weighted by molar-refractivity contribution is 0.0357. The van der Waals surface area contributed by atoms with Crippen LogP contribution in [-0.4, -0.2) is 75.1 Å². The van der Waals surface area contributed by atoms with Gasteiger partial charge in [0.1, 0.15) is 0 Å². The van der Waals surface area contributed by atoms with Crippen molar-refractivity contribution in [2.75, 3.05) is 60.2 Å². The summed E-state index contributed by atoms with van der Waals surface area (Å²) >= 11 is 5.77. The van der Waals surface area contributed by atoms with Crippen molar-refractivity contribution >= 4 is 17.3 Å². The first-order valence-corrected chi connectivity index (χ1v) is 11.6. The largest absolute Gasteiger partial charge is 0.493 e. The molecule has 1 aromatic carbocycles. The molecular formula is C23H39N3O3S. The van der Waals surface area contributed by atoms with Gasteiger partial charge in [0.05, 0.1) is 27.4 Å². The predicted octanol–water partition coefficient (Wildman–Crippen LogP) is 3.68. The van der Waals surface area contributed by atoms with Crippen molar-refractivity contribution < 1.29 is 14.2 Å². The summed E-state index contributed by atoms with van der Waals surface area (Å²) in [5.41, 5.74) is 1.15. The molecule has 6 nitrogen and oxygen atoms in total. The van der Waals surface area contributed by atoms with Crippen LogP contribution in [0.4, 0.5) is 0 Å². The van der Waals surface area contributed by atoms with Crippen molar-refractivity contribution in [3.63, 3.8) is 0 Å². The lowest BCUT2D eigenvalue weighted by atomic mass is 10.1. The zero-order valence-electron chi connectivity index (χ0n) is 19.0. The van der Waals surface area contributed by atoms with Gasteiger partial charge < -0.3 is 24.4 Å². The second kappa shape index (κ2) is 14.4. The van der Waals surface area contributed by atoms with Gasteiger partial charge in [-0.25, -0.2) is 0 Å². The van der Waals surface area contributed by atoms with Gasteiger partial charge >= 0.3 is 0 Å². The molecule has 1 heterocycles. The molecule has 30 heavy (non-hydrogen) atoms. The van der Waals surface area contributed by atoms with Crippen molar-refractivity contribution in [2.24, 2.45) is 0 Å². The summed E-state index contributed by atoms with van der Waals surface area (Å²) in [5.74, 6) is 1.49. The van der Waals surface area contributed by atoms with Crippen LogP contribution >= 0.6 is 12.2 Å². The van der Waals surface area contributed by atoms with Crippen LogP contribution in [0, 0.1) is 0 Å². The van der Waals surface area contributed by atoms with E-state index in [1.807, 2.05) is 12.1 Å². The molecule has 1 aliphatic rings. The Labute approximate surface area is 187 Å². The molecule has 1 fully saturated rings. The molecule has 0 bridgehead atoms. The lowest BCUT2D eigenvalue weighted by Crippen LogP contribution is -2.45. The minimum Gasteiger partial charge on any atom is -0.493 e. The van der Waals surface area contributed by atoms with Crippen molar-refractivity contribution in [3.8, 4) is 11.5 Å². The minimum atomic E-state index is 0.742. The van der Waals surface area contributed by atoms with E-state index < -0.39 is 0 Å². The fourth-order valence-electron chi connectivity index (χ4n) is 3.57. The summed E-state index contributed by atoms with van der Waals surface area (Å²) in [6, 6.07) is 6.07. The Kier molecular flexibility index (Phi) is 11.9. The van der Waals surface area contributed by atoms with Gasteiger partial charge in [-0.3, -0.25) is 4.90 Å². The van der Waals surface area contributed by atoms with Gasteiger partial charge in [0.25, 0.3) is 0 Å². The second-order valence-electron chi connectivity index (χ2n) is 7.71. The first kappa shape index (κ1) is 24.7. The molecule has 0 saturated carbocycles. The number of hydrogen-bond acceptors (Lipinski definition) is 5. The van der Waals surface area contributed by atoms with Crippen molar-refractivity contribution in [1.29, 1.82) is 0 Å². The van der Waals surface area contributed by atoms with Crippen molar-refractivity contribution in [1.82, 2.24) is 15.1 Å². The van der Waals surface area contributed by atoms with Gasteiger partial charge in [0.2, 0.25) is 0 Å². The SMILES string of the molecule is CCCCCCCNC(=S)N(CCN1CCOCC1)Cc1ccc(OC)c(OC)c1. The van der Waals surface area contributed by atoms with Crippen molar-refractivity contribution in [3.05, 3.63) is 23.8 Å². The van der Waals surface area contributed by atoms with Crippen LogP contribution in [-0.2, 0) is 11.3 Å². The van der Waals surface area contributed by atoms with Crippen LogP contribution in [0.3, 0.4) is 0 Å². The molecular weight excluding hydrogens is 398 g/mol. The van der Waals surface area contributed by atoms with E-state index in [0.717, 1.165) is 81.1 Å². The molecule has 0 atom stereocenters. The molecule has 7 heteroatoms. The van der Waals surface area contributed by atoms with Gasteiger partial charge in [0.15, 0.2) is 16.6 Å². The number of methoxy groups -OCH3 is 2. The molecule has 2 rings (SSSR count). The maximum atomic E-state index is 5.77. The van der Waals surface area contributed by atoms with Gasteiger partial charge in [-0.05, 0) is 36.3 Å². The van der Waals surface area contributed by atoms with E-state index in [4.69, 9.17) is 26.4 Å². The normalized spacial score (nSPS) is 14.4. The van der Waals surface area contributed by atoms with Crippen LogP contribution in [0.1, 0.15) is 44.6 Å². The third-order valence-corrected chi connectivity index (χ3v) is 5.86. The molecule has 1 N–H and O–H groups in total. The number of ether oxygens (including phenoxy) is 3. The predicted molar refractivity (Wildman–Crippen MR) is 127 cm³/mol. The summed E-state index contributed by atoms with van der Waals surface area (Å²) in [4.78, 5) is 4.70. The van der Waals surface area contributed by atoms with Gasteiger partial charge in [-0.15, -0.1) is 0 Å². The Balaban J connectivity index is 1.94. The standard InChI is InChI=1S/C23H39N3O3S/c1-4-5-6-7-8-11-24-23(30)26(13-12-25-14-16-29-17-15-25)19-20-9-10-21(27-2)22(18-20)28-3/h9-10,18H,4-8,11-17,19H2,1-3H3,(H,24,30). The highest BCUT2D eigenvalue weighted by Gasteiger charge is 2.16. The Hall–Kier alpha value is -1.57. The van der Waals surface area contributed by atoms with Gasteiger partial charge in [-0.1, -0.05) is 38.7 Å². The molecule has 1 aromatic rings. The van der Waals surface area contributed by atoms with E-state index >= 15 is 0 Å². The maximum absolute atomic E-state index is 5.77. The summed E-state index contributed by atoms with van der Waals surface area (Å²) in [7, 11) is 3.33. The number of benzene rings is 1. The number of nitrogens with one attached hydrogen (secondary N) is 1. The smallest absolute Gasteiger partial charge is 0.169 e. The monoisotopic (exact) mass is 437 g/mol. The highest BCUT2D eigenvalue weighted by atomic mass is 32.1.